The van der Waals surface area contributed by atoms with Gasteiger partial charge in [0.1, 0.15) is 5.75 Å². The van der Waals surface area contributed by atoms with Crippen molar-refractivity contribution in [2.75, 3.05) is 49.3 Å². The monoisotopic (exact) mass is 322 g/mol. The number of thioether (sulfide) groups is 1. The van der Waals surface area contributed by atoms with E-state index in [1.807, 2.05) is 18.4 Å². The van der Waals surface area contributed by atoms with E-state index in [-0.39, 0.29) is 0 Å². The van der Waals surface area contributed by atoms with Gasteiger partial charge in [-0.1, -0.05) is 35.2 Å². The van der Waals surface area contributed by atoms with Gasteiger partial charge in [0.2, 0.25) is 5.13 Å². The maximum Gasteiger partial charge on any atom is 0.209 e. The van der Waals surface area contributed by atoms with Crippen LogP contribution in [0.4, 0.5) is 10.8 Å². The number of nitrogens with zero attached hydrogens (tertiary/aromatic N) is 4. The van der Waals surface area contributed by atoms with Crippen molar-refractivity contribution >= 4 is 33.9 Å². The van der Waals surface area contributed by atoms with Crippen LogP contribution in [-0.4, -0.2) is 49.7 Å². The minimum Gasteiger partial charge on any atom is -0.495 e. The number of rotatable bonds is 4. The van der Waals surface area contributed by atoms with Crippen LogP contribution in [0.15, 0.2) is 28.6 Å². The fourth-order valence-electron chi connectivity index (χ4n) is 2.44. The molecule has 1 aliphatic heterocycles. The maximum absolute atomic E-state index is 5.45. The number of para-hydroxylation sites is 2. The molecule has 0 unspecified atom stereocenters. The molecular weight excluding hydrogens is 304 g/mol. The SMILES string of the molecule is COc1ccccc1N1CCN(c2nnc(SC)s2)CC1. The smallest absolute Gasteiger partial charge is 0.209 e. The number of ether oxygens (including phenoxy) is 1. The van der Waals surface area contributed by atoms with E-state index in [4.69, 9.17) is 4.74 Å². The number of methoxy groups -OCH3 is 1. The maximum atomic E-state index is 5.45. The quantitative estimate of drug-likeness (QED) is 0.806. The highest BCUT2D eigenvalue weighted by molar-refractivity contribution is 8.00. The van der Waals surface area contributed by atoms with Crippen LogP contribution in [0.2, 0.25) is 0 Å². The minimum atomic E-state index is 0.937. The molecule has 0 amide bonds. The molecular formula is C14H18N4OS2. The van der Waals surface area contributed by atoms with Gasteiger partial charge >= 0.3 is 0 Å². The van der Waals surface area contributed by atoms with Gasteiger partial charge in [0.25, 0.3) is 0 Å². The number of benzene rings is 1. The second-order valence-electron chi connectivity index (χ2n) is 4.70. The molecule has 3 rings (SSSR count). The van der Waals surface area contributed by atoms with E-state index in [9.17, 15) is 0 Å². The average Bonchev–Trinajstić information content (AvgIpc) is 3.04. The highest BCUT2D eigenvalue weighted by Gasteiger charge is 2.21. The highest BCUT2D eigenvalue weighted by atomic mass is 32.2. The van der Waals surface area contributed by atoms with Crippen LogP contribution in [0.1, 0.15) is 0 Å². The lowest BCUT2D eigenvalue weighted by Crippen LogP contribution is -2.46. The number of anilines is 2. The van der Waals surface area contributed by atoms with E-state index in [0.717, 1.165) is 41.4 Å². The van der Waals surface area contributed by atoms with E-state index >= 15 is 0 Å². The van der Waals surface area contributed by atoms with Crippen LogP contribution in [0.25, 0.3) is 0 Å². The summed E-state index contributed by atoms with van der Waals surface area (Å²) >= 11 is 3.31. The Balaban J connectivity index is 1.67. The third-order valence-electron chi connectivity index (χ3n) is 3.55. The van der Waals surface area contributed by atoms with Gasteiger partial charge in [0.15, 0.2) is 4.34 Å². The van der Waals surface area contributed by atoms with E-state index in [1.165, 1.54) is 5.69 Å². The third-order valence-corrected chi connectivity index (χ3v) is 5.51. The van der Waals surface area contributed by atoms with Gasteiger partial charge in [-0.05, 0) is 18.4 Å². The molecule has 21 heavy (non-hydrogen) atoms. The summed E-state index contributed by atoms with van der Waals surface area (Å²) in [7, 11) is 1.72. The lowest BCUT2D eigenvalue weighted by molar-refractivity contribution is 0.413. The molecule has 5 nitrogen and oxygen atoms in total. The van der Waals surface area contributed by atoms with Crippen molar-refractivity contribution in [3.8, 4) is 5.75 Å². The summed E-state index contributed by atoms with van der Waals surface area (Å²) in [5.41, 5.74) is 1.17. The summed E-state index contributed by atoms with van der Waals surface area (Å²) in [5.74, 6) is 0.937. The van der Waals surface area contributed by atoms with Gasteiger partial charge in [-0.2, -0.15) is 0 Å². The van der Waals surface area contributed by atoms with Gasteiger partial charge in [-0.15, -0.1) is 10.2 Å². The fourth-order valence-corrected chi connectivity index (χ4v) is 3.75. The number of aromatic nitrogens is 2. The molecule has 0 spiro atoms. The van der Waals surface area contributed by atoms with Crippen LogP contribution in [0.5, 0.6) is 5.75 Å². The van der Waals surface area contributed by atoms with Crippen molar-refractivity contribution in [1.29, 1.82) is 0 Å². The van der Waals surface area contributed by atoms with Crippen molar-refractivity contribution in [3.63, 3.8) is 0 Å². The summed E-state index contributed by atoms with van der Waals surface area (Å²) in [5, 5.41) is 9.47. The van der Waals surface area contributed by atoms with Gasteiger partial charge in [-0.3, -0.25) is 0 Å². The minimum absolute atomic E-state index is 0.937. The predicted octanol–water partition coefficient (Wildman–Crippen LogP) is 2.60. The van der Waals surface area contributed by atoms with E-state index in [0.29, 0.717) is 0 Å². The summed E-state index contributed by atoms with van der Waals surface area (Å²) in [6.07, 6.45) is 2.03. The highest BCUT2D eigenvalue weighted by Crippen LogP contribution is 2.31. The molecule has 0 atom stereocenters. The van der Waals surface area contributed by atoms with Crippen molar-refractivity contribution < 1.29 is 4.74 Å². The van der Waals surface area contributed by atoms with E-state index in [1.54, 1.807) is 30.2 Å². The molecule has 1 aromatic heterocycles. The van der Waals surface area contributed by atoms with Crippen LogP contribution in [0, 0.1) is 0 Å². The molecule has 0 bridgehead atoms. The molecule has 0 N–H and O–H groups in total. The normalized spacial score (nSPS) is 15.3. The molecule has 2 heterocycles. The molecule has 0 saturated carbocycles. The summed E-state index contributed by atoms with van der Waals surface area (Å²) < 4.78 is 6.47. The fraction of sp³-hybridized carbons (Fsp3) is 0.429. The van der Waals surface area contributed by atoms with Crippen molar-refractivity contribution in [1.82, 2.24) is 10.2 Å². The Hall–Kier alpha value is -1.47. The Morgan fingerprint density at radius 1 is 1.10 bits per heavy atom. The predicted molar refractivity (Wildman–Crippen MR) is 89.1 cm³/mol. The second-order valence-corrected chi connectivity index (χ2v) is 6.71. The van der Waals surface area contributed by atoms with Gasteiger partial charge in [0, 0.05) is 26.2 Å². The van der Waals surface area contributed by atoms with Crippen molar-refractivity contribution in [2.45, 2.75) is 4.34 Å². The van der Waals surface area contributed by atoms with Crippen LogP contribution in [0.3, 0.4) is 0 Å². The standard InChI is InChI=1S/C14H18N4OS2/c1-19-12-6-4-3-5-11(12)17-7-9-18(10-8-17)13-15-16-14(20-2)21-13/h3-6H,7-10H2,1-2H3. The van der Waals surface area contributed by atoms with Crippen LogP contribution < -0.4 is 14.5 Å². The first-order valence-electron chi connectivity index (χ1n) is 6.82. The molecule has 0 aliphatic carbocycles. The lowest BCUT2D eigenvalue weighted by Gasteiger charge is -2.36. The molecule has 7 heteroatoms. The van der Waals surface area contributed by atoms with Crippen molar-refractivity contribution in [3.05, 3.63) is 24.3 Å². The first-order chi connectivity index (χ1) is 10.3. The number of hydrogen-bond donors (Lipinski definition) is 0. The largest absolute Gasteiger partial charge is 0.495 e. The second kappa shape index (κ2) is 6.53. The Labute approximate surface area is 132 Å². The average molecular weight is 322 g/mol. The Morgan fingerprint density at radius 2 is 1.81 bits per heavy atom. The molecule has 1 aliphatic rings. The zero-order chi connectivity index (χ0) is 14.7. The Kier molecular flexibility index (Phi) is 4.50. The molecule has 2 aromatic rings. The van der Waals surface area contributed by atoms with Crippen LogP contribution >= 0.6 is 23.1 Å². The summed E-state index contributed by atoms with van der Waals surface area (Å²) in [4.78, 5) is 4.68. The zero-order valence-corrected chi connectivity index (χ0v) is 13.8. The number of hydrogen-bond acceptors (Lipinski definition) is 7. The Morgan fingerprint density at radius 3 is 2.48 bits per heavy atom. The molecule has 1 saturated heterocycles. The molecule has 112 valence electrons. The number of piperazine rings is 1. The Bertz CT molecular complexity index is 596. The lowest BCUT2D eigenvalue weighted by atomic mass is 10.2. The summed E-state index contributed by atoms with van der Waals surface area (Å²) in [6.45, 7) is 3.85. The van der Waals surface area contributed by atoms with Crippen molar-refractivity contribution in [2.24, 2.45) is 0 Å². The van der Waals surface area contributed by atoms with Gasteiger partial charge in [-0.25, -0.2) is 0 Å². The summed E-state index contributed by atoms with van der Waals surface area (Å²) in [6, 6.07) is 8.19. The third kappa shape index (κ3) is 3.08. The first kappa shape index (κ1) is 14.5. The van der Waals surface area contributed by atoms with E-state index in [2.05, 4.69) is 32.1 Å². The van der Waals surface area contributed by atoms with Gasteiger partial charge in [0.05, 0.1) is 12.8 Å². The topological polar surface area (TPSA) is 41.5 Å². The molecule has 1 fully saturated rings. The molecule has 0 radical (unpaired) electrons. The van der Waals surface area contributed by atoms with Crippen LogP contribution in [-0.2, 0) is 0 Å². The van der Waals surface area contributed by atoms with Gasteiger partial charge < -0.3 is 14.5 Å². The molecule has 1 aromatic carbocycles. The van der Waals surface area contributed by atoms with E-state index < -0.39 is 0 Å². The first-order valence-corrected chi connectivity index (χ1v) is 8.86. The zero-order valence-electron chi connectivity index (χ0n) is 12.2.